The second-order valence-corrected chi connectivity index (χ2v) is 3.26. The molecule has 0 amide bonds. The molecule has 3 nitrogen and oxygen atoms in total. The number of nitrogens with zero attached hydrogens (tertiary/aromatic N) is 1. The van der Waals surface area contributed by atoms with Gasteiger partial charge in [-0.1, -0.05) is 0 Å². The molecule has 2 heterocycles. The van der Waals surface area contributed by atoms with Gasteiger partial charge in [-0.3, -0.25) is 0 Å². The maximum atomic E-state index is 9.89. The molecule has 2 fully saturated rings. The fraction of sp³-hybridized carbons (Fsp3) is 0.714. The standard InChI is InChI=1S/C7H10N2O.ClH/c10-2-1-9-5-7(6-9)3-8-4-7;/h1,8H,3-6H2;1H. The normalized spacial score (nSPS) is 24.2. The quantitative estimate of drug-likeness (QED) is 0.552. The molecule has 0 bridgehead atoms. The Hall–Kier alpha value is -0.500. The van der Waals surface area contributed by atoms with Crippen molar-refractivity contribution < 1.29 is 4.79 Å². The highest BCUT2D eigenvalue weighted by Gasteiger charge is 2.46. The summed E-state index contributed by atoms with van der Waals surface area (Å²) in [5.74, 6) is 1.79. The number of hydrogen-bond donors (Lipinski definition) is 1. The van der Waals surface area contributed by atoms with Crippen molar-refractivity contribution in [2.75, 3.05) is 26.2 Å². The van der Waals surface area contributed by atoms with Gasteiger partial charge in [0.05, 0.1) is 6.20 Å². The Morgan fingerprint density at radius 2 is 2.09 bits per heavy atom. The zero-order valence-electron chi connectivity index (χ0n) is 6.17. The van der Waals surface area contributed by atoms with E-state index < -0.39 is 0 Å². The largest absolute Gasteiger partial charge is 0.367 e. The zero-order chi connectivity index (χ0) is 7.03. The third-order valence-electron chi connectivity index (χ3n) is 2.31. The molecule has 0 aromatic rings. The fourth-order valence-electron chi connectivity index (χ4n) is 1.68. The molecule has 0 saturated carbocycles. The first-order valence-electron chi connectivity index (χ1n) is 3.50. The third kappa shape index (κ3) is 1.27. The van der Waals surface area contributed by atoms with Gasteiger partial charge in [0.2, 0.25) is 0 Å². The van der Waals surface area contributed by atoms with E-state index in [1.165, 1.54) is 6.20 Å². The van der Waals surface area contributed by atoms with E-state index in [9.17, 15) is 4.79 Å². The number of rotatable bonds is 1. The van der Waals surface area contributed by atoms with Gasteiger partial charge in [-0.15, -0.1) is 12.4 Å². The number of halogens is 1. The summed E-state index contributed by atoms with van der Waals surface area (Å²) >= 11 is 0. The molecule has 2 rings (SSSR count). The zero-order valence-corrected chi connectivity index (χ0v) is 6.99. The van der Waals surface area contributed by atoms with Gasteiger partial charge in [0.15, 0.2) is 0 Å². The highest BCUT2D eigenvalue weighted by Crippen LogP contribution is 2.33. The molecular weight excluding hydrogens is 164 g/mol. The van der Waals surface area contributed by atoms with Gasteiger partial charge in [0.1, 0.15) is 5.94 Å². The number of likely N-dealkylation sites (tertiary alicyclic amines) is 1. The van der Waals surface area contributed by atoms with Gasteiger partial charge in [0.25, 0.3) is 0 Å². The van der Waals surface area contributed by atoms with Crippen molar-refractivity contribution in [3.05, 3.63) is 6.20 Å². The molecule has 0 radical (unpaired) electrons. The molecule has 0 aliphatic carbocycles. The van der Waals surface area contributed by atoms with Crippen LogP contribution in [-0.4, -0.2) is 37.0 Å². The van der Waals surface area contributed by atoms with E-state index in [0.29, 0.717) is 5.41 Å². The summed E-state index contributed by atoms with van der Waals surface area (Å²) in [6, 6.07) is 0. The SMILES string of the molecule is Cl.O=C=CN1CC2(CNC2)C1. The first-order valence-corrected chi connectivity index (χ1v) is 3.50. The average molecular weight is 175 g/mol. The van der Waals surface area contributed by atoms with E-state index in [4.69, 9.17) is 0 Å². The third-order valence-corrected chi connectivity index (χ3v) is 2.31. The Bertz CT molecular complexity index is 189. The van der Waals surface area contributed by atoms with E-state index in [1.807, 2.05) is 4.90 Å². The Morgan fingerprint density at radius 3 is 2.45 bits per heavy atom. The van der Waals surface area contributed by atoms with Gasteiger partial charge in [0, 0.05) is 31.6 Å². The highest BCUT2D eigenvalue weighted by molar-refractivity contribution is 5.85. The van der Waals surface area contributed by atoms with Crippen molar-refractivity contribution in [2.24, 2.45) is 5.41 Å². The van der Waals surface area contributed by atoms with Crippen molar-refractivity contribution in [1.29, 1.82) is 0 Å². The van der Waals surface area contributed by atoms with Crippen molar-refractivity contribution >= 4 is 18.3 Å². The Labute approximate surface area is 71.9 Å². The fourth-order valence-corrected chi connectivity index (χ4v) is 1.68. The van der Waals surface area contributed by atoms with Gasteiger partial charge < -0.3 is 10.2 Å². The molecule has 1 spiro atoms. The first-order chi connectivity index (χ1) is 4.85. The van der Waals surface area contributed by atoms with Gasteiger partial charge in [-0.05, 0) is 0 Å². The average Bonchev–Trinajstić information content (AvgIpc) is 1.72. The number of hydrogen-bond acceptors (Lipinski definition) is 3. The molecule has 2 aliphatic heterocycles. The minimum atomic E-state index is 0. The van der Waals surface area contributed by atoms with Crippen LogP contribution in [-0.2, 0) is 4.79 Å². The van der Waals surface area contributed by atoms with Gasteiger partial charge in [-0.2, -0.15) is 0 Å². The van der Waals surface area contributed by atoms with E-state index in [-0.39, 0.29) is 12.4 Å². The molecule has 4 heteroatoms. The second-order valence-electron chi connectivity index (χ2n) is 3.26. The number of carbonyl (C=O) groups excluding carboxylic acids is 1. The van der Waals surface area contributed by atoms with Crippen LogP contribution in [0.4, 0.5) is 0 Å². The van der Waals surface area contributed by atoms with Crippen LogP contribution >= 0.6 is 12.4 Å². The maximum Gasteiger partial charge on any atom is 0.142 e. The Morgan fingerprint density at radius 1 is 1.45 bits per heavy atom. The molecule has 2 saturated heterocycles. The van der Waals surface area contributed by atoms with Gasteiger partial charge in [-0.25, -0.2) is 4.79 Å². The lowest BCUT2D eigenvalue weighted by molar-refractivity contribution is -0.00680. The molecule has 1 N–H and O–H groups in total. The lowest BCUT2D eigenvalue weighted by atomic mass is 9.75. The topological polar surface area (TPSA) is 32.3 Å². The van der Waals surface area contributed by atoms with Gasteiger partial charge >= 0.3 is 0 Å². The van der Waals surface area contributed by atoms with Crippen LogP contribution in [0.15, 0.2) is 6.20 Å². The summed E-state index contributed by atoms with van der Waals surface area (Å²) in [7, 11) is 0. The van der Waals surface area contributed by atoms with E-state index in [2.05, 4.69) is 5.32 Å². The Balaban J connectivity index is 0.000000605. The van der Waals surface area contributed by atoms with Crippen molar-refractivity contribution in [3.8, 4) is 0 Å². The van der Waals surface area contributed by atoms with Crippen LogP contribution in [0.5, 0.6) is 0 Å². The Kier molecular flexibility index (Phi) is 2.23. The number of nitrogens with one attached hydrogen (secondary N) is 1. The summed E-state index contributed by atoms with van der Waals surface area (Å²) in [6.07, 6.45) is 1.50. The molecule has 0 unspecified atom stereocenters. The summed E-state index contributed by atoms with van der Waals surface area (Å²) in [5.41, 5.74) is 0.521. The smallest absolute Gasteiger partial charge is 0.142 e. The predicted molar refractivity (Wildman–Crippen MR) is 44.4 cm³/mol. The molecular formula is C7H11ClN2O. The monoisotopic (exact) mass is 174 g/mol. The summed E-state index contributed by atoms with van der Waals surface area (Å²) < 4.78 is 0. The van der Waals surface area contributed by atoms with E-state index in [1.54, 1.807) is 5.94 Å². The molecule has 0 atom stereocenters. The van der Waals surface area contributed by atoms with E-state index >= 15 is 0 Å². The molecule has 0 aromatic heterocycles. The predicted octanol–water partition coefficient (Wildman–Crippen LogP) is -0.341. The lowest BCUT2D eigenvalue weighted by Gasteiger charge is -2.55. The van der Waals surface area contributed by atoms with Crippen LogP contribution in [0.1, 0.15) is 0 Å². The molecule has 62 valence electrons. The second kappa shape index (κ2) is 2.86. The van der Waals surface area contributed by atoms with Crippen molar-refractivity contribution in [3.63, 3.8) is 0 Å². The van der Waals surface area contributed by atoms with Crippen LogP contribution in [0.25, 0.3) is 0 Å². The minimum absolute atomic E-state index is 0. The van der Waals surface area contributed by atoms with Crippen LogP contribution in [0.3, 0.4) is 0 Å². The van der Waals surface area contributed by atoms with Crippen molar-refractivity contribution in [1.82, 2.24) is 10.2 Å². The minimum Gasteiger partial charge on any atom is -0.367 e. The summed E-state index contributed by atoms with van der Waals surface area (Å²) in [5, 5.41) is 3.23. The van der Waals surface area contributed by atoms with Crippen molar-refractivity contribution in [2.45, 2.75) is 0 Å². The molecule has 0 aromatic carbocycles. The lowest BCUT2D eigenvalue weighted by Crippen LogP contribution is -2.69. The highest BCUT2D eigenvalue weighted by atomic mass is 35.5. The van der Waals surface area contributed by atoms with Crippen LogP contribution in [0, 0.1) is 5.41 Å². The van der Waals surface area contributed by atoms with Crippen LogP contribution < -0.4 is 5.32 Å². The first kappa shape index (κ1) is 8.60. The summed E-state index contributed by atoms with van der Waals surface area (Å²) in [6.45, 7) is 4.32. The summed E-state index contributed by atoms with van der Waals surface area (Å²) in [4.78, 5) is 11.9. The molecule has 11 heavy (non-hydrogen) atoms. The maximum absolute atomic E-state index is 9.89. The molecule has 2 aliphatic rings. The van der Waals surface area contributed by atoms with Crippen LogP contribution in [0.2, 0.25) is 0 Å². The van der Waals surface area contributed by atoms with E-state index in [0.717, 1.165) is 26.2 Å².